The molecule has 0 bridgehead atoms. The maximum absolute atomic E-state index is 12.4. The molecule has 6 heteroatoms. The van der Waals surface area contributed by atoms with Crippen LogP contribution in [0.3, 0.4) is 0 Å². The van der Waals surface area contributed by atoms with E-state index < -0.39 is 0 Å². The van der Waals surface area contributed by atoms with E-state index in [1.807, 2.05) is 31.2 Å². The third-order valence-corrected chi connectivity index (χ3v) is 3.63. The van der Waals surface area contributed by atoms with Crippen molar-refractivity contribution >= 4 is 16.9 Å². The number of aryl methyl sites for hydroxylation is 1. The number of carbonyl (C=O) groups is 1. The SMILES string of the molecule is Cc1ccc(OCCN(C)C(=O)c2ccc3n[nH]nc3c2)cc1. The fourth-order valence-electron chi connectivity index (χ4n) is 2.23. The summed E-state index contributed by atoms with van der Waals surface area (Å²) in [6.07, 6.45) is 0. The highest BCUT2D eigenvalue weighted by molar-refractivity contribution is 5.97. The van der Waals surface area contributed by atoms with Gasteiger partial charge < -0.3 is 9.64 Å². The van der Waals surface area contributed by atoms with Gasteiger partial charge in [-0.2, -0.15) is 15.4 Å². The Morgan fingerprint density at radius 2 is 1.87 bits per heavy atom. The molecule has 0 aliphatic heterocycles. The first-order chi connectivity index (χ1) is 11.1. The van der Waals surface area contributed by atoms with Crippen molar-refractivity contribution in [3.8, 4) is 5.75 Å². The summed E-state index contributed by atoms with van der Waals surface area (Å²) in [5.74, 6) is 0.739. The standard InChI is InChI=1S/C17H18N4O2/c1-12-3-6-14(7-4-12)23-10-9-21(2)17(22)13-5-8-15-16(11-13)19-20-18-15/h3-8,11H,9-10H2,1-2H3,(H,18,19,20). The first kappa shape index (κ1) is 15.0. The van der Waals surface area contributed by atoms with Crippen molar-refractivity contribution in [3.63, 3.8) is 0 Å². The number of aromatic amines is 1. The lowest BCUT2D eigenvalue weighted by molar-refractivity contribution is 0.0774. The van der Waals surface area contributed by atoms with Gasteiger partial charge in [-0.15, -0.1) is 0 Å². The summed E-state index contributed by atoms with van der Waals surface area (Å²) in [6, 6.07) is 13.1. The van der Waals surface area contributed by atoms with Gasteiger partial charge >= 0.3 is 0 Å². The zero-order valence-corrected chi connectivity index (χ0v) is 13.1. The highest BCUT2D eigenvalue weighted by Gasteiger charge is 2.13. The van der Waals surface area contributed by atoms with Crippen LogP contribution in [-0.4, -0.2) is 46.4 Å². The molecule has 0 radical (unpaired) electrons. The van der Waals surface area contributed by atoms with E-state index in [-0.39, 0.29) is 5.91 Å². The summed E-state index contributed by atoms with van der Waals surface area (Å²) < 4.78 is 5.65. The van der Waals surface area contributed by atoms with Crippen LogP contribution < -0.4 is 4.74 Å². The minimum Gasteiger partial charge on any atom is -0.492 e. The highest BCUT2D eigenvalue weighted by atomic mass is 16.5. The van der Waals surface area contributed by atoms with Gasteiger partial charge in [0, 0.05) is 12.6 Å². The van der Waals surface area contributed by atoms with Gasteiger partial charge in [0.25, 0.3) is 5.91 Å². The molecular weight excluding hydrogens is 292 g/mol. The molecule has 1 heterocycles. The van der Waals surface area contributed by atoms with Crippen LogP contribution in [0.15, 0.2) is 42.5 Å². The number of hydrogen-bond donors (Lipinski definition) is 1. The highest BCUT2D eigenvalue weighted by Crippen LogP contribution is 2.13. The van der Waals surface area contributed by atoms with Gasteiger partial charge in [-0.05, 0) is 37.3 Å². The minimum atomic E-state index is -0.0672. The number of nitrogens with one attached hydrogen (secondary N) is 1. The number of carbonyl (C=O) groups excluding carboxylic acids is 1. The van der Waals surface area contributed by atoms with Crippen molar-refractivity contribution < 1.29 is 9.53 Å². The Morgan fingerprint density at radius 3 is 2.65 bits per heavy atom. The van der Waals surface area contributed by atoms with Crippen molar-refractivity contribution in [1.29, 1.82) is 0 Å². The number of nitrogens with zero attached hydrogens (tertiary/aromatic N) is 3. The molecule has 1 amide bonds. The van der Waals surface area contributed by atoms with Crippen LogP contribution in [0.5, 0.6) is 5.75 Å². The fourth-order valence-corrected chi connectivity index (χ4v) is 2.23. The molecule has 3 aromatic rings. The smallest absolute Gasteiger partial charge is 0.253 e. The van der Waals surface area contributed by atoms with E-state index >= 15 is 0 Å². The topological polar surface area (TPSA) is 71.1 Å². The molecule has 0 unspecified atom stereocenters. The van der Waals surface area contributed by atoms with E-state index in [0.717, 1.165) is 11.3 Å². The fraction of sp³-hybridized carbons (Fsp3) is 0.235. The molecule has 0 aliphatic rings. The van der Waals surface area contributed by atoms with E-state index in [4.69, 9.17) is 4.74 Å². The molecule has 3 rings (SSSR count). The van der Waals surface area contributed by atoms with E-state index in [1.54, 1.807) is 30.1 Å². The summed E-state index contributed by atoms with van der Waals surface area (Å²) in [4.78, 5) is 14.0. The summed E-state index contributed by atoms with van der Waals surface area (Å²) >= 11 is 0. The number of aromatic nitrogens is 3. The first-order valence-electron chi connectivity index (χ1n) is 7.39. The molecule has 1 N–H and O–H groups in total. The number of benzene rings is 2. The van der Waals surface area contributed by atoms with E-state index in [9.17, 15) is 4.79 Å². The van der Waals surface area contributed by atoms with Crippen LogP contribution in [0.1, 0.15) is 15.9 Å². The Kier molecular flexibility index (Phi) is 4.23. The Balaban J connectivity index is 1.57. The van der Waals surface area contributed by atoms with Gasteiger partial charge in [0.15, 0.2) is 0 Å². The van der Waals surface area contributed by atoms with Crippen LogP contribution in [0, 0.1) is 6.92 Å². The van der Waals surface area contributed by atoms with Crippen LogP contribution >= 0.6 is 0 Å². The Labute approximate surface area is 134 Å². The average Bonchev–Trinajstić information content (AvgIpc) is 3.03. The summed E-state index contributed by atoms with van der Waals surface area (Å²) in [5.41, 5.74) is 3.20. The predicted octanol–water partition coefficient (Wildman–Crippen LogP) is 2.42. The second-order valence-corrected chi connectivity index (χ2v) is 5.42. The third-order valence-electron chi connectivity index (χ3n) is 3.63. The van der Waals surface area contributed by atoms with E-state index in [2.05, 4.69) is 15.4 Å². The first-order valence-corrected chi connectivity index (χ1v) is 7.39. The van der Waals surface area contributed by atoms with Crippen LogP contribution in [0.2, 0.25) is 0 Å². The molecule has 0 spiro atoms. The number of H-pyrrole nitrogens is 1. The van der Waals surface area contributed by atoms with E-state index in [1.165, 1.54) is 5.56 Å². The number of amides is 1. The summed E-state index contributed by atoms with van der Waals surface area (Å²) in [6.45, 7) is 2.98. The zero-order valence-electron chi connectivity index (χ0n) is 13.1. The maximum atomic E-state index is 12.4. The lowest BCUT2D eigenvalue weighted by atomic mass is 10.2. The molecular formula is C17H18N4O2. The quantitative estimate of drug-likeness (QED) is 0.785. The normalized spacial score (nSPS) is 10.7. The Morgan fingerprint density at radius 1 is 1.13 bits per heavy atom. The van der Waals surface area contributed by atoms with Crippen LogP contribution in [-0.2, 0) is 0 Å². The number of hydrogen-bond acceptors (Lipinski definition) is 4. The Hall–Kier alpha value is -2.89. The molecule has 2 aromatic carbocycles. The summed E-state index contributed by atoms with van der Waals surface area (Å²) in [5, 5.41) is 10.5. The maximum Gasteiger partial charge on any atom is 0.253 e. The number of rotatable bonds is 5. The molecule has 23 heavy (non-hydrogen) atoms. The number of likely N-dealkylation sites (N-methyl/N-ethyl adjacent to an activating group) is 1. The van der Waals surface area contributed by atoms with Gasteiger partial charge in [-0.3, -0.25) is 4.79 Å². The second kappa shape index (κ2) is 6.48. The third kappa shape index (κ3) is 3.48. The number of fused-ring (bicyclic) bond motifs is 1. The molecule has 0 aliphatic carbocycles. The van der Waals surface area contributed by atoms with Gasteiger partial charge in [0.1, 0.15) is 23.4 Å². The Bertz CT molecular complexity index is 811. The molecule has 118 valence electrons. The van der Waals surface area contributed by atoms with Gasteiger partial charge in [-0.1, -0.05) is 17.7 Å². The van der Waals surface area contributed by atoms with E-state index in [0.29, 0.717) is 24.2 Å². The van der Waals surface area contributed by atoms with Crippen LogP contribution in [0.4, 0.5) is 0 Å². The van der Waals surface area contributed by atoms with Gasteiger partial charge in [-0.25, -0.2) is 0 Å². The van der Waals surface area contributed by atoms with Crippen molar-refractivity contribution in [2.24, 2.45) is 0 Å². The van der Waals surface area contributed by atoms with Crippen molar-refractivity contribution in [2.45, 2.75) is 6.92 Å². The average molecular weight is 310 g/mol. The van der Waals surface area contributed by atoms with Gasteiger partial charge in [0.05, 0.1) is 6.54 Å². The molecule has 0 saturated carbocycles. The molecule has 6 nitrogen and oxygen atoms in total. The predicted molar refractivity (Wildman–Crippen MR) is 87.5 cm³/mol. The van der Waals surface area contributed by atoms with Gasteiger partial charge in [0.2, 0.25) is 0 Å². The minimum absolute atomic E-state index is 0.0672. The van der Waals surface area contributed by atoms with Crippen LogP contribution in [0.25, 0.3) is 11.0 Å². The lowest BCUT2D eigenvalue weighted by Crippen LogP contribution is -2.30. The molecule has 1 aromatic heterocycles. The molecule has 0 fully saturated rings. The van der Waals surface area contributed by atoms with Crippen molar-refractivity contribution in [1.82, 2.24) is 20.3 Å². The molecule has 0 saturated heterocycles. The number of ether oxygens (including phenoxy) is 1. The zero-order chi connectivity index (χ0) is 16.2. The largest absolute Gasteiger partial charge is 0.492 e. The van der Waals surface area contributed by atoms with Crippen molar-refractivity contribution in [3.05, 3.63) is 53.6 Å². The summed E-state index contributed by atoms with van der Waals surface area (Å²) in [7, 11) is 1.76. The van der Waals surface area contributed by atoms with Crippen molar-refractivity contribution in [2.75, 3.05) is 20.2 Å². The monoisotopic (exact) mass is 310 g/mol. The molecule has 0 atom stereocenters. The second-order valence-electron chi connectivity index (χ2n) is 5.42. The lowest BCUT2D eigenvalue weighted by Gasteiger charge is -2.17.